The Bertz CT molecular complexity index is 480. The van der Waals surface area contributed by atoms with Crippen LogP contribution in [0.3, 0.4) is 0 Å². The molecule has 0 spiro atoms. The van der Waals surface area contributed by atoms with E-state index in [2.05, 4.69) is 28.8 Å². The average Bonchev–Trinajstić information content (AvgIpc) is 2.66. The van der Waals surface area contributed by atoms with Crippen LogP contribution in [0.15, 0.2) is 4.90 Å². The normalized spacial score (nSPS) is 12.3. The molecule has 1 heterocycles. The lowest BCUT2D eigenvalue weighted by molar-refractivity contribution is 0.273. The number of aliphatic hydroxyl groups excluding tert-OH is 1. The molecule has 0 saturated carbocycles. The van der Waals surface area contributed by atoms with Gasteiger partial charge in [0.1, 0.15) is 10.6 Å². The summed E-state index contributed by atoms with van der Waals surface area (Å²) < 4.78 is 26.6. The smallest absolute Gasteiger partial charge is 0.244 e. The predicted molar refractivity (Wildman–Crippen MR) is 68.5 cm³/mol. The monoisotopic (exact) mass is 275 g/mol. The number of sulfonamides is 1. The van der Waals surface area contributed by atoms with E-state index in [0.29, 0.717) is 18.2 Å². The highest BCUT2D eigenvalue weighted by Gasteiger charge is 2.23. The van der Waals surface area contributed by atoms with Crippen LogP contribution < -0.4 is 4.72 Å². The summed E-state index contributed by atoms with van der Waals surface area (Å²) in [5.74, 6) is 0.554. The maximum Gasteiger partial charge on any atom is 0.244 e. The minimum Gasteiger partial charge on any atom is -0.390 e. The summed E-state index contributed by atoms with van der Waals surface area (Å²) in [5, 5.41) is 15.4. The van der Waals surface area contributed by atoms with Gasteiger partial charge < -0.3 is 5.11 Å². The van der Waals surface area contributed by atoms with Crippen molar-refractivity contribution in [3.8, 4) is 0 Å². The van der Waals surface area contributed by atoms with Crippen molar-refractivity contribution in [2.45, 2.75) is 45.1 Å². The van der Waals surface area contributed by atoms with Gasteiger partial charge in [-0.15, -0.1) is 0 Å². The van der Waals surface area contributed by atoms with Crippen LogP contribution in [0, 0.1) is 12.8 Å². The van der Waals surface area contributed by atoms with Crippen molar-refractivity contribution in [1.29, 1.82) is 0 Å². The number of hydrogen-bond acceptors (Lipinski definition) is 4. The first-order valence-corrected chi connectivity index (χ1v) is 7.51. The molecule has 3 N–H and O–H groups in total. The van der Waals surface area contributed by atoms with E-state index in [0.717, 1.165) is 12.8 Å². The third-order valence-electron chi connectivity index (χ3n) is 2.63. The number of aryl methyl sites for hydroxylation is 1. The zero-order valence-electron chi connectivity index (χ0n) is 11.0. The van der Waals surface area contributed by atoms with Crippen molar-refractivity contribution < 1.29 is 13.5 Å². The number of nitrogens with zero attached hydrogens (tertiary/aromatic N) is 1. The van der Waals surface area contributed by atoms with Crippen LogP contribution in [0.1, 0.15) is 38.1 Å². The molecule has 0 bridgehead atoms. The fourth-order valence-electron chi connectivity index (χ4n) is 1.72. The van der Waals surface area contributed by atoms with E-state index in [9.17, 15) is 8.42 Å². The van der Waals surface area contributed by atoms with Crippen molar-refractivity contribution in [3.05, 3.63) is 11.4 Å². The fourth-order valence-corrected chi connectivity index (χ4v) is 3.15. The van der Waals surface area contributed by atoms with Gasteiger partial charge in [-0.1, -0.05) is 13.8 Å². The summed E-state index contributed by atoms with van der Waals surface area (Å²) in [6.07, 6.45) is 1.77. The molecule has 0 amide bonds. The summed E-state index contributed by atoms with van der Waals surface area (Å²) >= 11 is 0. The van der Waals surface area contributed by atoms with Crippen LogP contribution in [-0.4, -0.2) is 30.3 Å². The fraction of sp³-hybridized carbons (Fsp3) is 0.727. The first-order chi connectivity index (χ1) is 8.38. The third-order valence-corrected chi connectivity index (χ3v) is 4.29. The van der Waals surface area contributed by atoms with Crippen LogP contribution in [0.5, 0.6) is 0 Å². The Morgan fingerprint density at radius 2 is 2.11 bits per heavy atom. The van der Waals surface area contributed by atoms with E-state index in [1.165, 1.54) is 0 Å². The Morgan fingerprint density at radius 1 is 1.44 bits per heavy atom. The molecule has 1 rings (SSSR count). The largest absolute Gasteiger partial charge is 0.390 e. The predicted octanol–water partition coefficient (Wildman–Crippen LogP) is 0.925. The maximum atomic E-state index is 12.1. The van der Waals surface area contributed by atoms with E-state index in [-0.39, 0.29) is 10.6 Å². The molecule has 7 heteroatoms. The van der Waals surface area contributed by atoms with Gasteiger partial charge in [-0.3, -0.25) is 5.10 Å². The Labute approximate surface area is 108 Å². The minimum atomic E-state index is -3.59. The Morgan fingerprint density at radius 3 is 2.67 bits per heavy atom. The lowest BCUT2D eigenvalue weighted by Gasteiger charge is -2.08. The quantitative estimate of drug-likeness (QED) is 0.645. The molecule has 6 nitrogen and oxygen atoms in total. The molecule has 0 saturated heterocycles. The van der Waals surface area contributed by atoms with Crippen molar-refractivity contribution in [3.63, 3.8) is 0 Å². The highest BCUT2D eigenvalue weighted by atomic mass is 32.2. The molecule has 0 aromatic carbocycles. The molecule has 0 unspecified atom stereocenters. The molecule has 18 heavy (non-hydrogen) atoms. The van der Waals surface area contributed by atoms with Crippen molar-refractivity contribution in [1.82, 2.24) is 14.9 Å². The number of aromatic nitrogens is 2. The van der Waals surface area contributed by atoms with Gasteiger partial charge in [0.2, 0.25) is 10.0 Å². The van der Waals surface area contributed by atoms with Crippen molar-refractivity contribution >= 4 is 10.0 Å². The number of aliphatic hydroxyl groups is 1. The van der Waals surface area contributed by atoms with E-state index >= 15 is 0 Å². The summed E-state index contributed by atoms with van der Waals surface area (Å²) in [6, 6.07) is 0. The van der Waals surface area contributed by atoms with Gasteiger partial charge >= 0.3 is 0 Å². The van der Waals surface area contributed by atoms with Gasteiger partial charge in [0.25, 0.3) is 0 Å². The highest BCUT2D eigenvalue weighted by molar-refractivity contribution is 7.89. The summed E-state index contributed by atoms with van der Waals surface area (Å²) in [5.41, 5.74) is 0.597. The van der Waals surface area contributed by atoms with Crippen LogP contribution >= 0.6 is 0 Å². The first-order valence-electron chi connectivity index (χ1n) is 6.03. The number of nitrogens with one attached hydrogen (secondary N) is 2. The summed E-state index contributed by atoms with van der Waals surface area (Å²) in [6.45, 7) is 5.81. The zero-order valence-corrected chi connectivity index (χ0v) is 11.8. The molecular weight excluding hydrogens is 254 g/mol. The van der Waals surface area contributed by atoms with Gasteiger partial charge in [0, 0.05) is 6.54 Å². The molecule has 104 valence electrons. The Balaban J connectivity index is 2.71. The van der Waals surface area contributed by atoms with Crippen molar-refractivity contribution in [2.75, 3.05) is 6.54 Å². The van der Waals surface area contributed by atoms with Crippen LogP contribution in [0.4, 0.5) is 0 Å². The molecule has 0 radical (unpaired) electrons. The molecule has 0 aliphatic heterocycles. The molecule has 1 aromatic rings. The number of rotatable bonds is 7. The average molecular weight is 275 g/mol. The second-order valence-corrected chi connectivity index (χ2v) is 6.42. The van der Waals surface area contributed by atoms with Gasteiger partial charge in [0.05, 0.1) is 12.3 Å². The van der Waals surface area contributed by atoms with E-state index in [1.54, 1.807) is 6.92 Å². The molecule has 1 aromatic heterocycles. The molecule has 0 aliphatic carbocycles. The second-order valence-electron chi connectivity index (χ2n) is 4.72. The maximum absolute atomic E-state index is 12.1. The highest BCUT2D eigenvalue weighted by Crippen LogP contribution is 2.17. The van der Waals surface area contributed by atoms with Gasteiger partial charge in [0.15, 0.2) is 0 Å². The lowest BCUT2D eigenvalue weighted by atomic mass is 10.1. The Hall–Kier alpha value is -0.920. The zero-order chi connectivity index (χ0) is 13.8. The number of H-pyrrole nitrogens is 1. The molecule has 0 fully saturated rings. The number of aromatic amines is 1. The summed E-state index contributed by atoms with van der Waals surface area (Å²) in [7, 11) is -3.59. The second kappa shape index (κ2) is 6.31. The topological polar surface area (TPSA) is 95.1 Å². The van der Waals surface area contributed by atoms with Crippen LogP contribution in [-0.2, 0) is 16.6 Å². The molecular formula is C11H21N3O3S. The van der Waals surface area contributed by atoms with E-state index in [4.69, 9.17) is 5.11 Å². The SMILES string of the molecule is Cc1[nH]nc(CO)c1S(=O)(=O)NCCCC(C)C. The molecule has 0 atom stereocenters. The van der Waals surface area contributed by atoms with Gasteiger partial charge in [-0.05, 0) is 25.7 Å². The van der Waals surface area contributed by atoms with E-state index in [1.807, 2.05) is 0 Å². The van der Waals surface area contributed by atoms with Crippen molar-refractivity contribution in [2.24, 2.45) is 5.92 Å². The van der Waals surface area contributed by atoms with Gasteiger partial charge in [-0.2, -0.15) is 5.10 Å². The van der Waals surface area contributed by atoms with Crippen LogP contribution in [0.25, 0.3) is 0 Å². The van der Waals surface area contributed by atoms with Crippen LogP contribution in [0.2, 0.25) is 0 Å². The Kier molecular flexibility index (Phi) is 5.30. The third kappa shape index (κ3) is 3.79. The van der Waals surface area contributed by atoms with E-state index < -0.39 is 16.6 Å². The lowest BCUT2D eigenvalue weighted by Crippen LogP contribution is -2.26. The standard InChI is InChI=1S/C11H21N3O3S/c1-8(2)5-4-6-12-18(16,17)11-9(3)13-14-10(11)7-15/h8,12,15H,4-7H2,1-3H3,(H,13,14). The summed E-state index contributed by atoms with van der Waals surface area (Å²) in [4.78, 5) is 0.0644. The minimum absolute atomic E-state index is 0.0644. The number of hydrogen-bond donors (Lipinski definition) is 3. The van der Waals surface area contributed by atoms with Gasteiger partial charge in [-0.25, -0.2) is 13.1 Å². The first kappa shape index (κ1) is 15.1. The molecule has 0 aliphatic rings.